The van der Waals surface area contributed by atoms with E-state index in [1.807, 2.05) is 13.8 Å². The van der Waals surface area contributed by atoms with Crippen LogP contribution in [0.15, 0.2) is 24.3 Å². The van der Waals surface area contributed by atoms with Crippen LogP contribution in [0.4, 0.5) is 10.5 Å². The molecule has 1 aliphatic rings. The predicted molar refractivity (Wildman–Crippen MR) is 86.1 cm³/mol. The molecule has 1 aromatic rings. The molecular weight excluding hydrogens is 304 g/mol. The van der Waals surface area contributed by atoms with E-state index < -0.39 is 6.09 Å². The van der Waals surface area contributed by atoms with Gasteiger partial charge in [0.2, 0.25) is 5.91 Å². The number of hydrogen-bond donors (Lipinski definition) is 1. The van der Waals surface area contributed by atoms with Crippen LogP contribution < -0.4 is 10.2 Å². The van der Waals surface area contributed by atoms with E-state index in [0.29, 0.717) is 23.8 Å². The number of anilines is 1. The first-order valence-electron chi connectivity index (χ1n) is 7.56. The lowest BCUT2D eigenvalue weighted by Crippen LogP contribution is -2.37. The Labute approximate surface area is 135 Å². The lowest BCUT2D eigenvalue weighted by atomic mass is 10.0. The molecule has 0 saturated carbocycles. The van der Waals surface area contributed by atoms with E-state index in [9.17, 15) is 9.59 Å². The molecule has 1 atom stereocenters. The predicted octanol–water partition coefficient (Wildman–Crippen LogP) is 3.22. The maximum Gasteiger partial charge on any atom is 0.414 e. The Morgan fingerprint density at radius 3 is 2.82 bits per heavy atom. The summed E-state index contributed by atoms with van der Waals surface area (Å²) in [4.78, 5) is 25.4. The quantitative estimate of drug-likeness (QED) is 0.874. The minimum atomic E-state index is -0.413. The Hall–Kier alpha value is -1.75. The van der Waals surface area contributed by atoms with Crippen LogP contribution in [0.5, 0.6) is 0 Å². The Morgan fingerprint density at radius 2 is 2.18 bits per heavy atom. The minimum absolute atomic E-state index is 0.0149. The average Bonchev–Trinajstić information content (AvgIpc) is 2.87. The molecule has 1 aromatic carbocycles. The molecular formula is C16H21ClN2O3. The fourth-order valence-electron chi connectivity index (χ4n) is 2.50. The van der Waals surface area contributed by atoms with E-state index in [2.05, 4.69) is 5.32 Å². The van der Waals surface area contributed by atoms with E-state index in [-0.39, 0.29) is 17.9 Å². The number of halogens is 1. The lowest BCUT2D eigenvalue weighted by Gasteiger charge is -2.15. The fourth-order valence-corrected chi connectivity index (χ4v) is 2.69. The normalized spacial score (nSPS) is 17.7. The second-order valence-corrected chi connectivity index (χ2v) is 5.79. The molecule has 0 radical (unpaired) electrons. The molecule has 2 amide bonds. The maximum atomic E-state index is 12.0. The SMILES string of the molecule is CCC(CC)C(=O)NCC1CN(c2cccc(Cl)c2)C(=O)O1. The van der Waals surface area contributed by atoms with Crippen molar-refractivity contribution >= 4 is 29.3 Å². The summed E-state index contributed by atoms with van der Waals surface area (Å²) >= 11 is 5.94. The molecule has 1 fully saturated rings. The van der Waals surface area contributed by atoms with Gasteiger partial charge in [0.05, 0.1) is 13.1 Å². The van der Waals surface area contributed by atoms with Crippen molar-refractivity contribution in [2.24, 2.45) is 5.92 Å². The van der Waals surface area contributed by atoms with Crippen molar-refractivity contribution in [3.05, 3.63) is 29.3 Å². The molecule has 1 N–H and O–H groups in total. The third-order valence-corrected chi connectivity index (χ3v) is 4.09. The smallest absolute Gasteiger partial charge is 0.414 e. The fraction of sp³-hybridized carbons (Fsp3) is 0.500. The second-order valence-electron chi connectivity index (χ2n) is 5.35. The van der Waals surface area contributed by atoms with E-state index >= 15 is 0 Å². The number of carbonyl (C=O) groups is 2. The van der Waals surface area contributed by atoms with E-state index in [4.69, 9.17) is 16.3 Å². The van der Waals surface area contributed by atoms with Crippen molar-refractivity contribution in [3.8, 4) is 0 Å². The monoisotopic (exact) mass is 324 g/mol. The van der Waals surface area contributed by atoms with Gasteiger partial charge in [-0.25, -0.2) is 4.79 Å². The van der Waals surface area contributed by atoms with Crippen molar-refractivity contribution in [2.45, 2.75) is 32.8 Å². The van der Waals surface area contributed by atoms with Crippen molar-refractivity contribution in [2.75, 3.05) is 18.0 Å². The molecule has 0 aromatic heterocycles. The molecule has 2 rings (SSSR count). The molecule has 0 aliphatic carbocycles. The van der Waals surface area contributed by atoms with Crippen molar-refractivity contribution in [1.82, 2.24) is 5.32 Å². The molecule has 0 spiro atoms. The summed E-state index contributed by atoms with van der Waals surface area (Å²) in [5, 5.41) is 3.43. The van der Waals surface area contributed by atoms with Gasteiger partial charge in [-0.05, 0) is 31.0 Å². The highest BCUT2D eigenvalue weighted by atomic mass is 35.5. The van der Waals surface area contributed by atoms with Gasteiger partial charge in [0.25, 0.3) is 0 Å². The summed E-state index contributed by atoms with van der Waals surface area (Å²) in [6, 6.07) is 7.05. The molecule has 1 saturated heterocycles. The van der Waals surface area contributed by atoms with Crippen LogP contribution in [-0.2, 0) is 9.53 Å². The van der Waals surface area contributed by atoms with Gasteiger partial charge in [-0.3, -0.25) is 9.69 Å². The van der Waals surface area contributed by atoms with Crippen LogP contribution in [-0.4, -0.2) is 31.2 Å². The average molecular weight is 325 g/mol. The van der Waals surface area contributed by atoms with Crippen molar-refractivity contribution < 1.29 is 14.3 Å². The molecule has 1 heterocycles. The van der Waals surface area contributed by atoms with E-state index in [1.54, 1.807) is 24.3 Å². The maximum absolute atomic E-state index is 12.0. The third kappa shape index (κ3) is 3.91. The van der Waals surface area contributed by atoms with Crippen LogP contribution in [0.25, 0.3) is 0 Å². The summed E-state index contributed by atoms with van der Waals surface area (Å²) < 4.78 is 5.29. The van der Waals surface area contributed by atoms with Gasteiger partial charge in [-0.2, -0.15) is 0 Å². The van der Waals surface area contributed by atoms with Gasteiger partial charge in [0.15, 0.2) is 0 Å². The molecule has 22 heavy (non-hydrogen) atoms. The molecule has 0 bridgehead atoms. The molecule has 5 nitrogen and oxygen atoms in total. The number of ether oxygens (including phenoxy) is 1. The Kier molecular flexibility index (Phi) is 5.66. The highest BCUT2D eigenvalue weighted by Gasteiger charge is 2.32. The number of nitrogens with one attached hydrogen (secondary N) is 1. The van der Waals surface area contributed by atoms with Crippen molar-refractivity contribution in [1.29, 1.82) is 0 Å². The zero-order valence-corrected chi connectivity index (χ0v) is 13.6. The number of amides is 2. The third-order valence-electron chi connectivity index (χ3n) is 3.85. The number of benzene rings is 1. The molecule has 120 valence electrons. The minimum Gasteiger partial charge on any atom is -0.442 e. The number of hydrogen-bond acceptors (Lipinski definition) is 3. The van der Waals surface area contributed by atoms with Gasteiger partial charge in [0.1, 0.15) is 6.10 Å². The second kappa shape index (κ2) is 7.49. The Balaban J connectivity index is 1.91. The van der Waals surface area contributed by atoms with Crippen LogP contribution in [0.2, 0.25) is 5.02 Å². The zero-order chi connectivity index (χ0) is 16.1. The largest absolute Gasteiger partial charge is 0.442 e. The number of rotatable bonds is 6. The zero-order valence-electron chi connectivity index (χ0n) is 12.8. The Bertz CT molecular complexity index is 546. The standard InChI is InChI=1S/C16H21ClN2O3/c1-3-11(4-2)15(20)18-9-14-10-19(16(21)22-14)13-7-5-6-12(17)8-13/h5-8,11,14H,3-4,9-10H2,1-2H3,(H,18,20). The number of cyclic esters (lactones) is 1. The first-order chi connectivity index (χ1) is 10.5. The van der Waals surface area contributed by atoms with Crippen molar-refractivity contribution in [3.63, 3.8) is 0 Å². The summed E-state index contributed by atoms with van der Waals surface area (Å²) in [5.74, 6) is 0.0309. The van der Waals surface area contributed by atoms with E-state index in [0.717, 1.165) is 12.8 Å². The van der Waals surface area contributed by atoms with Gasteiger partial charge >= 0.3 is 6.09 Å². The topological polar surface area (TPSA) is 58.6 Å². The van der Waals surface area contributed by atoms with Gasteiger partial charge in [-0.1, -0.05) is 31.5 Å². The summed E-state index contributed by atoms with van der Waals surface area (Å²) in [6.07, 6.45) is 0.858. The molecule has 1 aliphatic heterocycles. The lowest BCUT2D eigenvalue weighted by molar-refractivity contribution is -0.125. The first-order valence-corrected chi connectivity index (χ1v) is 7.94. The summed E-state index contributed by atoms with van der Waals surface area (Å²) in [7, 11) is 0. The summed E-state index contributed by atoms with van der Waals surface area (Å²) in [5.41, 5.74) is 0.700. The Morgan fingerprint density at radius 1 is 1.45 bits per heavy atom. The highest BCUT2D eigenvalue weighted by Crippen LogP contribution is 2.24. The van der Waals surface area contributed by atoms with E-state index in [1.165, 1.54) is 4.90 Å². The number of nitrogens with zero attached hydrogens (tertiary/aromatic N) is 1. The van der Waals surface area contributed by atoms with Gasteiger partial charge < -0.3 is 10.1 Å². The highest BCUT2D eigenvalue weighted by molar-refractivity contribution is 6.30. The van der Waals surface area contributed by atoms with Crippen LogP contribution in [0.3, 0.4) is 0 Å². The van der Waals surface area contributed by atoms with Crippen LogP contribution >= 0.6 is 11.6 Å². The van der Waals surface area contributed by atoms with Gasteiger partial charge in [-0.15, -0.1) is 0 Å². The molecule has 6 heteroatoms. The molecule has 1 unspecified atom stereocenters. The number of carbonyl (C=O) groups excluding carboxylic acids is 2. The van der Waals surface area contributed by atoms with Crippen LogP contribution in [0.1, 0.15) is 26.7 Å². The van der Waals surface area contributed by atoms with Gasteiger partial charge in [0, 0.05) is 16.6 Å². The van der Waals surface area contributed by atoms with Crippen LogP contribution in [0, 0.1) is 5.92 Å². The first kappa shape index (κ1) is 16.6. The summed E-state index contributed by atoms with van der Waals surface area (Å²) in [6.45, 7) is 4.72.